The molecule has 2 rings (SSSR count). The highest BCUT2D eigenvalue weighted by Crippen LogP contribution is 2.32. The molecule has 16 heavy (non-hydrogen) atoms. The maximum Gasteiger partial charge on any atom is 0.225 e. The summed E-state index contributed by atoms with van der Waals surface area (Å²) in [5, 5.41) is 7.38. The third-order valence-corrected chi connectivity index (χ3v) is 3.24. The van der Waals surface area contributed by atoms with Crippen LogP contribution in [0.3, 0.4) is 0 Å². The second kappa shape index (κ2) is 4.08. The fraction of sp³-hybridized carbons (Fsp3) is 0.111. The number of nitrogens with zero attached hydrogens (tertiary/aromatic N) is 2. The number of aromatic amines is 1. The first-order valence-electron chi connectivity index (χ1n) is 4.40. The number of halogens is 2. The minimum atomic E-state index is 0.222. The molecule has 0 bridgehead atoms. The number of aromatic nitrogens is 3. The Balaban J connectivity index is 2.84. The lowest BCUT2D eigenvalue weighted by molar-refractivity contribution is 1.04. The van der Waals surface area contributed by atoms with Crippen molar-refractivity contribution in [2.24, 2.45) is 0 Å². The molecule has 0 aliphatic heterocycles. The minimum absolute atomic E-state index is 0.222. The maximum atomic E-state index is 6.19. The zero-order valence-corrected chi connectivity index (χ0v) is 10.6. The molecule has 0 spiro atoms. The molecule has 1 heterocycles. The molecule has 1 aromatic heterocycles. The van der Waals surface area contributed by atoms with Gasteiger partial charge in [-0.05, 0) is 30.8 Å². The van der Waals surface area contributed by atoms with Crippen molar-refractivity contribution in [3.05, 3.63) is 32.5 Å². The van der Waals surface area contributed by atoms with E-state index in [0.29, 0.717) is 20.5 Å². The quantitative estimate of drug-likeness (QED) is 0.786. The molecule has 0 atom stereocenters. The lowest BCUT2D eigenvalue weighted by Crippen LogP contribution is -2.03. The number of nitrogen functional groups attached to an aromatic ring is 1. The van der Waals surface area contributed by atoms with Crippen LogP contribution in [0, 0.1) is 11.7 Å². The topological polar surface area (TPSA) is 59.6 Å². The second-order valence-corrected chi connectivity index (χ2v) is 4.42. The highest BCUT2D eigenvalue weighted by molar-refractivity contribution is 7.71. The summed E-state index contributed by atoms with van der Waals surface area (Å²) in [7, 11) is 0. The van der Waals surface area contributed by atoms with E-state index in [2.05, 4.69) is 10.2 Å². The molecule has 0 saturated heterocycles. The van der Waals surface area contributed by atoms with E-state index in [9.17, 15) is 0 Å². The van der Waals surface area contributed by atoms with Crippen LogP contribution in [0.5, 0.6) is 0 Å². The Kier molecular flexibility index (Phi) is 2.92. The predicted molar refractivity (Wildman–Crippen MR) is 67.9 cm³/mol. The first-order valence-corrected chi connectivity index (χ1v) is 5.56. The zero-order chi connectivity index (χ0) is 11.9. The molecule has 0 saturated carbocycles. The lowest BCUT2D eigenvalue weighted by Gasteiger charge is -2.10. The van der Waals surface area contributed by atoms with Gasteiger partial charge in [-0.15, -0.1) is 5.10 Å². The van der Waals surface area contributed by atoms with Gasteiger partial charge in [-0.1, -0.05) is 29.3 Å². The molecule has 0 radical (unpaired) electrons. The molecule has 0 unspecified atom stereocenters. The number of nitrogens with two attached hydrogens (primary N) is 1. The third-order valence-electron chi connectivity index (χ3n) is 2.18. The van der Waals surface area contributed by atoms with E-state index in [-0.39, 0.29) is 5.95 Å². The fourth-order valence-electron chi connectivity index (χ4n) is 1.37. The van der Waals surface area contributed by atoms with Crippen LogP contribution in [0.4, 0.5) is 5.95 Å². The smallest absolute Gasteiger partial charge is 0.225 e. The van der Waals surface area contributed by atoms with Crippen LogP contribution in [-0.4, -0.2) is 14.8 Å². The van der Waals surface area contributed by atoms with Crippen molar-refractivity contribution in [3.8, 4) is 5.69 Å². The Morgan fingerprint density at radius 3 is 2.69 bits per heavy atom. The van der Waals surface area contributed by atoms with E-state index in [4.69, 9.17) is 41.2 Å². The number of benzene rings is 1. The Hall–Kier alpha value is -1.04. The lowest BCUT2D eigenvalue weighted by atomic mass is 10.2. The summed E-state index contributed by atoms with van der Waals surface area (Å²) < 4.78 is 1.86. The second-order valence-electron chi connectivity index (χ2n) is 3.25. The first-order chi connectivity index (χ1) is 7.52. The Labute approximate surface area is 107 Å². The average molecular weight is 275 g/mol. The minimum Gasteiger partial charge on any atom is -0.368 e. The molecule has 0 aliphatic carbocycles. The summed E-state index contributed by atoms with van der Waals surface area (Å²) in [6.45, 7) is 1.88. The molecule has 7 heteroatoms. The molecule has 1 aromatic carbocycles. The Morgan fingerprint density at radius 1 is 1.44 bits per heavy atom. The summed E-state index contributed by atoms with van der Waals surface area (Å²) in [5.74, 6) is 0.222. The van der Waals surface area contributed by atoms with E-state index in [1.54, 1.807) is 6.07 Å². The number of rotatable bonds is 1. The summed E-state index contributed by atoms with van der Waals surface area (Å²) in [6.07, 6.45) is 0. The van der Waals surface area contributed by atoms with Gasteiger partial charge in [-0.2, -0.15) is 0 Å². The van der Waals surface area contributed by atoms with E-state index >= 15 is 0 Å². The van der Waals surface area contributed by atoms with Gasteiger partial charge in [0.05, 0.1) is 15.7 Å². The van der Waals surface area contributed by atoms with Crippen LogP contribution in [0.15, 0.2) is 12.1 Å². The van der Waals surface area contributed by atoms with Gasteiger partial charge in [0.1, 0.15) is 0 Å². The standard InChI is InChI=1S/C9H8Cl2N4S/c1-4-2-3-5(10)7(6(4)11)15-8(12)13-14-9(15)16/h2-3H,1H3,(H2,12,13)(H,14,16). The van der Waals surface area contributed by atoms with E-state index in [1.807, 2.05) is 13.0 Å². The molecular weight excluding hydrogens is 267 g/mol. The number of aryl methyl sites for hydroxylation is 1. The van der Waals surface area contributed by atoms with Gasteiger partial charge in [0, 0.05) is 0 Å². The molecule has 3 N–H and O–H groups in total. The molecule has 2 aromatic rings. The summed E-state index contributed by atoms with van der Waals surface area (Å²) in [5.41, 5.74) is 7.15. The third kappa shape index (κ3) is 1.71. The van der Waals surface area contributed by atoms with Crippen LogP contribution in [-0.2, 0) is 0 Å². The SMILES string of the molecule is Cc1ccc(Cl)c(-n2c(N)n[nH]c2=S)c1Cl. The van der Waals surface area contributed by atoms with Crippen molar-refractivity contribution in [3.63, 3.8) is 0 Å². The van der Waals surface area contributed by atoms with Gasteiger partial charge in [0.2, 0.25) is 10.7 Å². The van der Waals surface area contributed by atoms with Crippen LogP contribution >= 0.6 is 35.4 Å². The normalized spacial score (nSPS) is 10.7. The van der Waals surface area contributed by atoms with Crippen molar-refractivity contribution in [1.29, 1.82) is 0 Å². The number of nitrogens with one attached hydrogen (secondary N) is 1. The van der Waals surface area contributed by atoms with Crippen molar-refractivity contribution in [2.75, 3.05) is 5.73 Å². The summed E-state index contributed by atoms with van der Waals surface area (Å²) in [6, 6.07) is 3.57. The Morgan fingerprint density at radius 2 is 2.12 bits per heavy atom. The van der Waals surface area contributed by atoms with Gasteiger partial charge in [0.25, 0.3) is 0 Å². The highest BCUT2D eigenvalue weighted by Gasteiger charge is 2.14. The van der Waals surface area contributed by atoms with Gasteiger partial charge in [0.15, 0.2) is 0 Å². The number of hydrogen-bond acceptors (Lipinski definition) is 3. The zero-order valence-electron chi connectivity index (χ0n) is 8.29. The van der Waals surface area contributed by atoms with Crippen LogP contribution in [0.2, 0.25) is 10.0 Å². The van der Waals surface area contributed by atoms with Gasteiger partial charge >= 0.3 is 0 Å². The van der Waals surface area contributed by atoms with Crippen molar-refractivity contribution >= 4 is 41.4 Å². The van der Waals surface area contributed by atoms with Crippen LogP contribution in [0.25, 0.3) is 5.69 Å². The van der Waals surface area contributed by atoms with Gasteiger partial charge < -0.3 is 5.73 Å². The maximum absolute atomic E-state index is 6.19. The van der Waals surface area contributed by atoms with Crippen LogP contribution in [0.1, 0.15) is 5.56 Å². The number of anilines is 1. The number of hydrogen-bond donors (Lipinski definition) is 2. The predicted octanol–water partition coefficient (Wildman–Crippen LogP) is 3.13. The monoisotopic (exact) mass is 274 g/mol. The molecular formula is C9H8Cl2N4S. The largest absolute Gasteiger partial charge is 0.368 e. The average Bonchev–Trinajstić information content (AvgIpc) is 2.56. The van der Waals surface area contributed by atoms with E-state index in [0.717, 1.165) is 5.56 Å². The van der Waals surface area contributed by atoms with Gasteiger partial charge in [-0.3, -0.25) is 4.57 Å². The van der Waals surface area contributed by atoms with Crippen LogP contribution < -0.4 is 5.73 Å². The summed E-state index contributed by atoms with van der Waals surface area (Å²) in [4.78, 5) is 0. The van der Waals surface area contributed by atoms with E-state index in [1.165, 1.54) is 4.57 Å². The molecule has 4 nitrogen and oxygen atoms in total. The van der Waals surface area contributed by atoms with Crippen molar-refractivity contribution < 1.29 is 0 Å². The molecule has 0 aliphatic rings. The summed E-state index contributed by atoms with van der Waals surface area (Å²) >= 11 is 17.3. The Bertz CT molecular complexity index is 602. The molecule has 0 fully saturated rings. The van der Waals surface area contributed by atoms with Crippen molar-refractivity contribution in [2.45, 2.75) is 6.92 Å². The van der Waals surface area contributed by atoms with Gasteiger partial charge in [-0.25, -0.2) is 5.10 Å². The number of H-pyrrole nitrogens is 1. The molecule has 84 valence electrons. The highest BCUT2D eigenvalue weighted by atomic mass is 35.5. The first kappa shape index (κ1) is 11.4. The van der Waals surface area contributed by atoms with Crippen molar-refractivity contribution in [1.82, 2.24) is 14.8 Å². The fourth-order valence-corrected chi connectivity index (χ4v) is 2.14. The molecule has 0 amide bonds. The van der Waals surface area contributed by atoms with E-state index < -0.39 is 0 Å².